The number of carbonyl (C=O) groups is 1. The number of hydrogen-bond acceptors (Lipinski definition) is 4. The summed E-state index contributed by atoms with van der Waals surface area (Å²) in [6.07, 6.45) is 4.54. The van der Waals surface area contributed by atoms with Gasteiger partial charge >= 0.3 is 0 Å². The summed E-state index contributed by atoms with van der Waals surface area (Å²) in [5.41, 5.74) is 1.38. The topological polar surface area (TPSA) is 45.2 Å². The molecule has 0 amide bonds. The summed E-state index contributed by atoms with van der Waals surface area (Å²) in [6, 6.07) is 2.39. The van der Waals surface area contributed by atoms with E-state index in [0.717, 1.165) is 37.9 Å². The van der Waals surface area contributed by atoms with Crippen LogP contribution in [-0.2, 0) is 0 Å². The molecule has 0 saturated carbocycles. The van der Waals surface area contributed by atoms with Gasteiger partial charge in [-0.05, 0) is 18.9 Å². The Balaban J connectivity index is 2.18. The number of aldehydes is 1. The third-order valence-corrected chi connectivity index (χ3v) is 3.88. The Bertz CT molecular complexity index is 408. The van der Waals surface area contributed by atoms with E-state index in [9.17, 15) is 4.79 Å². The van der Waals surface area contributed by atoms with Gasteiger partial charge in [0, 0.05) is 25.3 Å². The molecule has 6 heteroatoms. The summed E-state index contributed by atoms with van der Waals surface area (Å²) in [7, 11) is 2.56. The van der Waals surface area contributed by atoms with Crippen molar-refractivity contribution >= 4 is 33.0 Å². The summed E-state index contributed by atoms with van der Waals surface area (Å²) in [5, 5.41) is 3.48. The van der Waals surface area contributed by atoms with Crippen molar-refractivity contribution in [1.29, 1.82) is 0 Å². The molecule has 0 aliphatic carbocycles. The fourth-order valence-electron chi connectivity index (χ4n) is 2.11. The van der Waals surface area contributed by atoms with Gasteiger partial charge in [0.15, 0.2) is 6.29 Å². The largest absolute Gasteiger partial charge is 0.371 e. The minimum atomic E-state index is 0.281. The zero-order valence-corrected chi connectivity index (χ0v) is 11.3. The van der Waals surface area contributed by atoms with Gasteiger partial charge in [0.2, 0.25) is 0 Å². The van der Waals surface area contributed by atoms with E-state index in [-0.39, 0.29) is 5.15 Å². The highest BCUT2D eigenvalue weighted by Crippen LogP contribution is 2.26. The predicted molar refractivity (Wildman–Crippen MR) is 72.7 cm³/mol. The van der Waals surface area contributed by atoms with Crippen molar-refractivity contribution in [2.45, 2.75) is 18.9 Å². The summed E-state index contributed by atoms with van der Waals surface area (Å²) < 4.78 is 0. The van der Waals surface area contributed by atoms with Crippen LogP contribution in [0.15, 0.2) is 12.3 Å². The van der Waals surface area contributed by atoms with Crippen molar-refractivity contribution in [3.63, 3.8) is 0 Å². The van der Waals surface area contributed by atoms with E-state index >= 15 is 0 Å². The van der Waals surface area contributed by atoms with Gasteiger partial charge in [-0.3, -0.25) is 9.88 Å². The maximum Gasteiger partial charge on any atom is 0.155 e. The van der Waals surface area contributed by atoms with Crippen LogP contribution >= 0.6 is 21.0 Å². The van der Waals surface area contributed by atoms with Gasteiger partial charge < -0.3 is 4.90 Å². The molecule has 1 unspecified atom stereocenters. The summed E-state index contributed by atoms with van der Waals surface area (Å²) in [6.45, 7) is 1.85. The quantitative estimate of drug-likeness (QED) is 0.518. The summed E-state index contributed by atoms with van der Waals surface area (Å²) in [4.78, 5) is 17.2. The van der Waals surface area contributed by atoms with E-state index in [1.807, 2.05) is 6.07 Å². The van der Waals surface area contributed by atoms with E-state index < -0.39 is 0 Å². The second-order valence-corrected chi connectivity index (χ2v) is 4.77. The van der Waals surface area contributed by atoms with Crippen LogP contribution in [0.4, 0.5) is 5.69 Å². The SMILES string of the molecule is O=Cc1c(N2CCC(NP)CC2)ccnc1Cl. The van der Waals surface area contributed by atoms with Crippen LogP contribution in [0.1, 0.15) is 23.2 Å². The molecule has 1 fully saturated rings. The van der Waals surface area contributed by atoms with Crippen LogP contribution in [0.5, 0.6) is 0 Å². The van der Waals surface area contributed by atoms with E-state index in [2.05, 4.69) is 24.4 Å². The number of nitrogens with zero attached hydrogens (tertiary/aromatic N) is 2. The average Bonchev–Trinajstić information content (AvgIpc) is 2.38. The van der Waals surface area contributed by atoms with Crippen molar-refractivity contribution < 1.29 is 4.79 Å². The molecule has 4 nitrogen and oxygen atoms in total. The molecule has 2 rings (SSSR count). The van der Waals surface area contributed by atoms with Crippen molar-refractivity contribution in [3.8, 4) is 0 Å². The van der Waals surface area contributed by atoms with Crippen LogP contribution in [0.3, 0.4) is 0 Å². The number of anilines is 1. The lowest BCUT2D eigenvalue weighted by Gasteiger charge is -2.34. The van der Waals surface area contributed by atoms with Gasteiger partial charge in [0.1, 0.15) is 5.15 Å². The number of halogens is 1. The Morgan fingerprint density at radius 2 is 2.24 bits per heavy atom. The fraction of sp³-hybridized carbons (Fsp3) is 0.455. The number of piperidine rings is 1. The van der Waals surface area contributed by atoms with Gasteiger partial charge in [-0.25, -0.2) is 4.98 Å². The van der Waals surface area contributed by atoms with E-state index in [4.69, 9.17) is 11.6 Å². The number of aromatic nitrogens is 1. The lowest BCUT2D eigenvalue weighted by Crippen LogP contribution is -2.40. The van der Waals surface area contributed by atoms with Crippen LogP contribution in [0.2, 0.25) is 5.15 Å². The van der Waals surface area contributed by atoms with Crippen LogP contribution in [0, 0.1) is 0 Å². The number of hydrogen-bond donors (Lipinski definition) is 1. The summed E-state index contributed by atoms with van der Waals surface area (Å²) >= 11 is 5.92. The Hall–Kier alpha value is -0.700. The second-order valence-electron chi connectivity index (χ2n) is 4.08. The first-order chi connectivity index (χ1) is 8.26. The summed E-state index contributed by atoms with van der Waals surface area (Å²) in [5.74, 6) is 0. The number of carbonyl (C=O) groups excluding carboxylic acids is 1. The molecular weight excluding hydrogens is 257 g/mol. The number of pyridine rings is 1. The lowest BCUT2D eigenvalue weighted by atomic mass is 10.0. The molecule has 1 N–H and O–H groups in total. The van der Waals surface area contributed by atoms with Gasteiger partial charge in [-0.2, -0.15) is 0 Å². The molecule has 1 aliphatic heterocycles. The number of nitrogens with one attached hydrogen (secondary N) is 1. The highest BCUT2D eigenvalue weighted by Gasteiger charge is 2.20. The van der Waals surface area contributed by atoms with Crippen LogP contribution in [0.25, 0.3) is 0 Å². The first-order valence-electron chi connectivity index (χ1n) is 5.57. The second kappa shape index (κ2) is 5.76. The van der Waals surface area contributed by atoms with E-state index in [1.54, 1.807) is 6.20 Å². The molecule has 1 aromatic heterocycles. The monoisotopic (exact) mass is 271 g/mol. The first-order valence-corrected chi connectivity index (χ1v) is 6.52. The smallest absolute Gasteiger partial charge is 0.155 e. The highest BCUT2D eigenvalue weighted by atomic mass is 35.5. The maximum absolute atomic E-state index is 11.0. The molecule has 1 aromatic rings. The predicted octanol–water partition coefficient (Wildman–Crippen LogP) is 1.90. The van der Waals surface area contributed by atoms with Crippen molar-refractivity contribution in [1.82, 2.24) is 10.1 Å². The molecule has 92 valence electrons. The fourth-order valence-corrected chi connectivity index (χ4v) is 2.64. The molecule has 0 radical (unpaired) electrons. The molecule has 1 aliphatic rings. The molecule has 17 heavy (non-hydrogen) atoms. The molecular formula is C11H15ClN3OP. The van der Waals surface area contributed by atoms with Crippen molar-refractivity contribution in [3.05, 3.63) is 23.0 Å². The van der Waals surface area contributed by atoms with Gasteiger partial charge in [0.25, 0.3) is 0 Å². The minimum absolute atomic E-state index is 0.281. The lowest BCUT2D eigenvalue weighted by molar-refractivity contribution is 0.112. The zero-order valence-electron chi connectivity index (χ0n) is 9.40. The average molecular weight is 272 g/mol. The van der Waals surface area contributed by atoms with E-state index in [0.29, 0.717) is 11.6 Å². The van der Waals surface area contributed by atoms with Crippen LogP contribution < -0.4 is 9.99 Å². The minimum Gasteiger partial charge on any atom is -0.371 e. The van der Waals surface area contributed by atoms with Gasteiger partial charge in [-0.15, -0.1) is 0 Å². The normalized spacial score (nSPS) is 17.2. The first kappa shape index (κ1) is 12.7. The molecule has 0 bridgehead atoms. The molecule has 1 saturated heterocycles. The Morgan fingerprint density at radius 3 is 2.82 bits per heavy atom. The molecule has 2 heterocycles. The highest BCUT2D eigenvalue weighted by molar-refractivity contribution is 7.13. The Kier molecular flexibility index (Phi) is 4.32. The third kappa shape index (κ3) is 2.76. The van der Waals surface area contributed by atoms with Crippen molar-refractivity contribution in [2.75, 3.05) is 18.0 Å². The Labute approximate surface area is 108 Å². The Morgan fingerprint density at radius 1 is 1.53 bits per heavy atom. The van der Waals surface area contributed by atoms with Crippen LogP contribution in [-0.4, -0.2) is 30.4 Å². The zero-order chi connectivity index (χ0) is 12.3. The molecule has 1 atom stereocenters. The van der Waals surface area contributed by atoms with Gasteiger partial charge in [-0.1, -0.05) is 21.0 Å². The molecule has 0 aromatic carbocycles. The van der Waals surface area contributed by atoms with Gasteiger partial charge in [0.05, 0.1) is 11.3 Å². The van der Waals surface area contributed by atoms with E-state index in [1.165, 1.54) is 0 Å². The standard InChI is InChI=1S/C11H15ClN3OP/c12-11-9(7-16)10(1-4-13-11)15-5-2-8(14-17)3-6-15/h1,4,7-8,14H,2-3,5-6,17H2. The molecule has 0 spiro atoms. The number of rotatable bonds is 3. The maximum atomic E-state index is 11.0. The van der Waals surface area contributed by atoms with Crippen molar-refractivity contribution in [2.24, 2.45) is 0 Å². The third-order valence-electron chi connectivity index (χ3n) is 3.11.